The third kappa shape index (κ3) is 5.04. The lowest BCUT2D eigenvalue weighted by atomic mass is 10.1. The first kappa shape index (κ1) is 17.4. The molecule has 1 aromatic carbocycles. The van der Waals surface area contributed by atoms with Crippen molar-refractivity contribution >= 4 is 11.7 Å². The summed E-state index contributed by atoms with van der Waals surface area (Å²) in [7, 11) is 1.63. The molecule has 2 heterocycles. The number of aromatic amines is 1. The number of carbonyl (C=O) groups excluding carboxylic acids is 1. The zero-order valence-electron chi connectivity index (χ0n) is 14.5. The third-order valence-corrected chi connectivity index (χ3v) is 4.21. The zero-order valence-corrected chi connectivity index (χ0v) is 14.5. The smallest absolute Gasteiger partial charge is 0.225 e. The van der Waals surface area contributed by atoms with Gasteiger partial charge in [-0.05, 0) is 25.1 Å². The van der Waals surface area contributed by atoms with Crippen molar-refractivity contribution < 1.29 is 14.3 Å². The van der Waals surface area contributed by atoms with Gasteiger partial charge in [-0.1, -0.05) is 12.1 Å². The Morgan fingerprint density at radius 1 is 1.36 bits per heavy atom. The number of carbonyl (C=O) groups is 1. The standard InChI is InChI=1S/C18H24N4O3/c1-24-15-5-2-4-14(12-15)16-13-17(21-20-16)19-18(23)6-3-7-22-8-10-25-11-9-22/h2,4-5,12-13H,3,6-11H2,1H3,(H2,19,20,21,23). The normalized spacial score (nSPS) is 15.1. The quantitative estimate of drug-likeness (QED) is 0.804. The first-order valence-corrected chi connectivity index (χ1v) is 8.54. The lowest BCUT2D eigenvalue weighted by molar-refractivity contribution is -0.116. The van der Waals surface area contributed by atoms with E-state index in [0.717, 1.165) is 56.3 Å². The van der Waals surface area contributed by atoms with Crippen LogP contribution >= 0.6 is 0 Å². The van der Waals surface area contributed by atoms with Crippen molar-refractivity contribution in [3.05, 3.63) is 30.3 Å². The van der Waals surface area contributed by atoms with E-state index in [1.807, 2.05) is 30.3 Å². The zero-order chi connectivity index (χ0) is 17.5. The molecular weight excluding hydrogens is 320 g/mol. The number of rotatable bonds is 7. The molecule has 0 atom stereocenters. The number of morpholine rings is 1. The number of aromatic nitrogens is 2. The molecular formula is C18H24N4O3. The highest BCUT2D eigenvalue weighted by molar-refractivity contribution is 5.90. The van der Waals surface area contributed by atoms with E-state index in [2.05, 4.69) is 20.4 Å². The van der Waals surface area contributed by atoms with Gasteiger partial charge in [-0.15, -0.1) is 0 Å². The van der Waals surface area contributed by atoms with Gasteiger partial charge in [0.25, 0.3) is 0 Å². The Bertz CT molecular complexity index is 695. The number of methoxy groups -OCH3 is 1. The molecule has 1 amide bonds. The van der Waals surface area contributed by atoms with Crippen LogP contribution in [0.25, 0.3) is 11.3 Å². The number of anilines is 1. The second-order valence-corrected chi connectivity index (χ2v) is 6.00. The average Bonchev–Trinajstić information content (AvgIpc) is 3.11. The first-order chi connectivity index (χ1) is 12.2. The summed E-state index contributed by atoms with van der Waals surface area (Å²) in [4.78, 5) is 14.4. The van der Waals surface area contributed by atoms with Gasteiger partial charge in [0.15, 0.2) is 5.82 Å². The Kier molecular flexibility index (Phi) is 6.03. The van der Waals surface area contributed by atoms with E-state index in [-0.39, 0.29) is 5.91 Å². The molecule has 0 unspecified atom stereocenters. The fourth-order valence-electron chi connectivity index (χ4n) is 2.82. The molecule has 0 saturated carbocycles. The molecule has 25 heavy (non-hydrogen) atoms. The number of hydrogen-bond acceptors (Lipinski definition) is 5. The summed E-state index contributed by atoms with van der Waals surface area (Å²) < 4.78 is 10.5. The van der Waals surface area contributed by atoms with Crippen LogP contribution in [0.15, 0.2) is 30.3 Å². The Morgan fingerprint density at radius 2 is 2.20 bits per heavy atom. The van der Waals surface area contributed by atoms with E-state index >= 15 is 0 Å². The van der Waals surface area contributed by atoms with E-state index in [4.69, 9.17) is 9.47 Å². The van der Waals surface area contributed by atoms with E-state index in [1.54, 1.807) is 7.11 Å². The number of benzene rings is 1. The number of ether oxygens (including phenoxy) is 2. The predicted octanol–water partition coefficient (Wildman–Crippen LogP) is 2.14. The summed E-state index contributed by atoms with van der Waals surface area (Å²) in [6.07, 6.45) is 1.32. The second kappa shape index (κ2) is 8.64. The Morgan fingerprint density at radius 3 is 3.00 bits per heavy atom. The molecule has 1 aliphatic rings. The maximum absolute atomic E-state index is 12.1. The van der Waals surface area contributed by atoms with Gasteiger partial charge in [-0.3, -0.25) is 14.8 Å². The van der Waals surface area contributed by atoms with Crippen molar-refractivity contribution in [1.29, 1.82) is 0 Å². The molecule has 2 N–H and O–H groups in total. The van der Waals surface area contributed by atoms with Gasteiger partial charge in [0.1, 0.15) is 5.75 Å². The first-order valence-electron chi connectivity index (χ1n) is 8.54. The van der Waals surface area contributed by atoms with Crippen molar-refractivity contribution in [2.45, 2.75) is 12.8 Å². The van der Waals surface area contributed by atoms with E-state index in [0.29, 0.717) is 12.2 Å². The Hall–Kier alpha value is -2.38. The molecule has 134 valence electrons. The molecule has 3 rings (SSSR count). The molecule has 2 aromatic rings. The summed E-state index contributed by atoms with van der Waals surface area (Å²) in [6.45, 7) is 4.39. The number of nitrogens with zero attached hydrogens (tertiary/aromatic N) is 2. The molecule has 1 fully saturated rings. The fourth-order valence-corrected chi connectivity index (χ4v) is 2.82. The molecule has 7 heteroatoms. The minimum atomic E-state index is -0.0167. The molecule has 0 spiro atoms. The maximum Gasteiger partial charge on any atom is 0.225 e. The highest BCUT2D eigenvalue weighted by Crippen LogP contribution is 2.23. The van der Waals surface area contributed by atoms with Gasteiger partial charge in [-0.25, -0.2) is 0 Å². The van der Waals surface area contributed by atoms with Crippen LogP contribution in [-0.4, -0.2) is 61.0 Å². The second-order valence-electron chi connectivity index (χ2n) is 6.00. The van der Waals surface area contributed by atoms with Gasteiger partial charge in [0.05, 0.1) is 26.0 Å². The van der Waals surface area contributed by atoms with Gasteiger partial charge < -0.3 is 14.8 Å². The van der Waals surface area contributed by atoms with Gasteiger partial charge in [-0.2, -0.15) is 5.10 Å². The van der Waals surface area contributed by atoms with Crippen molar-refractivity contribution in [2.24, 2.45) is 0 Å². The van der Waals surface area contributed by atoms with Crippen LogP contribution in [0, 0.1) is 0 Å². The lowest BCUT2D eigenvalue weighted by Crippen LogP contribution is -2.37. The lowest BCUT2D eigenvalue weighted by Gasteiger charge is -2.26. The highest BCUT2D eigenvalue weighted by atomic mass is 16.5. The van der Waals surface area contributed by atoms with Gasteiger partial charge in [0, 0.05) is 31.1 Å². The monoisotopic (exact) mass is 344 g/mol. The third-order valence-electron chi connectivity index (χ3n) is 4.21. The summed E-state index contributed by atoms with van der Waals surface area (Å²) in [6, 6.07) is 9.51. The molecule has 1 aliphatic heterocycles. The van der Waals surface area contributed by atoms with Crippen molar-refractivity contribution in [2.75, 3.05) is 45.3 Å². The van der Waals surface area contributed by atoms with Crippen LogP contribution in [0.4, 0.5) is 5.82 Å². The maximum atomic E-state index is 12.1. The fraction of sp³-hybridized carbons (Fsp3) is 0.444. The van der Waals surface area contributed by atoms with E-state index in [1.165, 1.54) is 0 Å². The van der Waals surface area contributed by atoms with Crippen LogP contribution in [0.2, 0.25) is 0 Å². The SMILES string of the molecule is COc1cccc(-c2cc(NC(=O)CCCN3CCOCC3)n[nH]2)c1. The van der Waals surface area contributed by atoms with Crippen LogP contribution in [0.3, 0.4) is 0 Å². The van der Waals surface area contributed by atoms with Crippen molar-refractivity contribution in [3.8, 4) is 17.0 Å². The number of hydrogen-bond donors (Lipinski definition) is 2. The van der Waals surface area contributed by atoms with Gasteiger partial charge >= 0.3 is 0 Å². The Labute approximate surface area is 147 Å². The molecule has 0 bridgehead atoms. The molecule has 1 saturated heterocycles. The van der Waals surface area contributed by atoms with Gasteiger partial charge in [0.2, 0.25) is 5.91 Å². The molecule has 1 aromatic heterocycles. The Balaban J connectivity index is 1.48. The van der Waals surface area contributed by atoms with E-state index < -0.39 is 0 Å². The predicted molar refractivity (Wildman–Crippen MR) is 95.7 cm³/mol. The highest BCUT2D eigenvalue weighted by Gasteiger charge is 2.12. The molecule has 7 nitrogen and oxygen atoms in total. The summed E-state index contributed by atoms with van der Waals surface area (Å²) >= 11 is 0. The molecule has 0 radical (unpaired) electrons. The average molecular weight is 344 g/mol. The number of H-pyrrole nitrogens is 1. The topological polar surface area (TPSA) is 79.5 Å². The largest absolute Gasteiger partial charge is 0.497 e. The number of amides is 1. The minimum Gasteiger partial charge on any atom is -0.497 e. The van der Waals surface area contributed by atoms with Crippen LogP contribution in [-0.2, 0) is 9.53 Å². The summed E-state index contributed by atoms with van der Waals surface area (Å²) in [5, 5.41) is 9.95. The van der Waals surface area contributed by atoms with Crippen molar-refractivity contribution in [1.82, 2.24) is 15.1 Å². The summed E-state index contributed by atoms with van der Waals surface area (Å²) in [5.41, 5.74) is 1.79. The summed E-state index contributed by atoms with van der Waals surface area (Å²) in [5.74, 6) is 1.30. The van der Waals surface area contributed by atoms with Crippen molar-refractivity contribution in [3.63, 3.8) is 0 Å². The molecule has 0 aliphatic carbocycles. The van der Waals surface area contributed by atoms with Crippen LogP contribution in [0.1, 0.15) is 12.8 Å². The van der Waals surface area contributed by atoms with Crippen LogP contribution in [0.5, 0.6) is 5.75 Å². The minimum absolute atomic E-state index is 0.0167. The van der Waals surface area contributed by atoms with Crippen LogP contribution < -0.4 is 10.1 Å². The number of nitrogens with one attached hydrogen (secondary N) is 2. The van der Waals surface area contributed by atoms with E-state index in [9.17, 15) is 4.79 Å².